The maximum atomic E-state index is 12.4. The number of benzene rings is 1. The van der Waals surface area contributed by atoms with Gasteiger partial charge in [0.1, 0.15) is 0 Å². The molecule has 10 heteroatoms. The summed E-state index contributed by atoms with van der Waals surface area (Å²) in [5.74, 6) is 0.874. The van der Waals surface area contributed by atoms with Gasteiger partial charge in [0.15, 0.2) is 11.0 Å². The number of hydrogen-bond acceptors (Lipinski definition) is 6. The van der Waals surface area contributed by atoms with Crippen LogP contribution in [0.25, 0.3) is 10.7 Å². The van der Waals surface area contributed by atoms with Gasteiger partial charge in [-0.2, -0.15) is 0 Å². The Balaban J connectivity index is 1.46. The number of halogens is 2. The molecule has 3 aromatic rings. The van der Waals surface area contributed by atoms with Gasteiger partial charge in [0, 0.05) is 11.1 Å². The van der Waals surface area contributed by atoms with Gasteiger partial charge in [-0.15, -0.1) is 21.5 Å². The van der Waals surface area contributed by atoms with E-state index in [0.717, 1.165) is 34.6 Å². The van der Waals surface area contributed by atoms with Crippen LogP contribution in [-0.4, -0.2) is 39.1 Å². The summed E-state index contributed by atoms with van der Waals surface area (Å²) in [6, 6.07) is 9.37. The third-order valence-electron chi connectivity index (χ3n) is 4.41. The van der Waals surface area contributed by atoms with Crippen molar-refractivity contribution in [3.05, 3.63) is 45.2 Å². The predicted octanol–water partition coefficient (Wildman–Crippen LogP) is 5.33. The highest BCUT2D eigenvalue weighted by Gasteiger charge is 2.22. The second-order valence-corrected chi connectivity index (χ2v) is 9.70. The zero-order chi connectivity index (χ0) is 20.2. The maximum Gasteiger partial charge on any atom is 0.234 e. The van der Waals surface area contributed by atoms with Gasteiger partial charge in [-0.05, 0) is 42.5 Å². The molecule has 1 saturated heterocycles. The molecule has 1 amide bonds. The standard InChI is InChI=1S/C19H18BrClN4O2S2/c20-12-5-6-15(14(21)9-12)22-17(26)11-29-19-24-23-18(16-4-2-8-28-16)25(19)10-13-3-1-7-27-13/h2,4-6,8-9,13H,1,3,7,10-11H2,(H,22,26). The number of aromatic nitrogens is 3. The van der Waals surface area contributed by atoms with Crippen LogP contribution >= 0.6 is 50.6 Å². The largest absolute Gasteiger partial charge is 0.376 e. The lowest BCUT2D eigenvalue weighted by atomic mass is 10.2. The Morgan fingerprint density at radius 3 is 3.03 bits per heavy atom. The van der Waals surface area contributed by atoms with E-state index in [4.69, 9.17) is 16.3 Å². The first-order valence-corrected chi connectivity index (χ1v) is 12.1. The van der Waals surface area contributed by atoms with Gasteiger partial charge < -0.3 is 10.1 Å². The lowest BCUT2D eigenvalue weighted by Gasteiger charge is -2.14. The van der Waals surface area contributed by atoms with Crippen LogP contribution in [0.15, 0.2) is 45.3 Å². The summed E-state index contributed by atoms with van der Waals surface area (Å²) in [6.45, 7) is 1.47. The van der Waals surface area contributed by atoms with Crippen molar-refractivity contribution >= 4 is 62.2 Å². The molecule has 2 aromatic heterocycles. The van der Waals surface area contributed by atoms with E-state index in [2.05, 4.69) is 36.0 Å². The quantitative estimate of drug-likeness (QED) is 0.432. The van der Waals surface area contributed by atoms with Gasteiger partial charge in [0.05, 0.1) is 34.0 Å². The summed E-state index contributed by atoms with van der Waals surface area (Å²) in [6.07, 6.45) is 2.24. The minimum absolute atomic E-state index is 0.149. The average Bonchev–Trinajstić information content (AvgIpc) is 3.45. The normalized spacial score (nSPS) is 16.3. The van der Waals surface area contributed by atoms with Gasteiger partial charge in [-0.25, -0.2) is 0 Å². The molecule has 1 aliphatic rings. The topological polar surface area (TPSA) is 69.0 Å². The monoisotopic (exact) mass is 512 g/mol. The summed E-state index contributed by atoms with van der Waals surface area (Å²) < 4.78 is 8.72. The Hall–Kier alpha value is -1.39. The number of thioether (sulfide) groups is 1. The van der Waals surface area contributed by atoms with Crippen molar-refractivity contribution in [2.45, 2.75) is 30.6 Å². The molecule has 1 unspecified atom stereocenters. The molecule has 1 aromatic carbocycles. The molecule has 1 fully saturated rings. The SMILES string of the molecule is O=C(CSc1nnc(-c2cccs2)n1CC1CCCO1)Nc1ccc(Br)cc1Cl. The molecule has 6 nitrogen and oxygen atoms in total. The molecule has 0 spiro atoms. The number of carbonyl (C=O) groups excluding carboxylic acids is 1. The molecule has 0 aliphatic carbocycles. The molecule has 29 heavy (non-hydrogen) atoms. The van der Waals surface area contributed by atoms with Crippen molar-refractivity contribution in [1.82, 2.24) is 14.8 Å². The molecule has 3 heterocycles. The number of amides is 1. The molecule has 1 atom stereocenters. The van der Waals surface area contributed by atoms with Crippen LogP contribution in [-0.2, 0) is 16.1 Å². The fraction of sp³-hybridized carbons (Fsp3) is 0.316. The lowest BCUT2D eigenvalue weighted by molar-refractivity contribution is -0.113. The van der Waals surface area contributed by atoms with Crippen molar-refractivity contribution in [3.63, 3.8) is 0 Å². The van der Waals surface area contributed by atoms with Crippen LogP contribution in [0.1, 0.15) is 12.8 Å². The third-order valence-corrected chi connectivity index (χ3v) is 7.04. The number of nitrogens with one attached hydrogen (secondary N) is 1. The smallest absolute Gasteiger partial charge is 0.234 e. The Morgan fingerprint density at radius 2 is 2.31 bits per heavy atom. The molecule has 152 valence electrons. The minimum atomic E-state index is -0.149. The van der Waals surface area contributed by atoms with E-state index in [1.54, 1.807) is 23.5 Å². The van der Waals surface area contributed by atoms with Gasteiger partial charge in [0.25, 0.3) is 0 Å². The van der Waals surface area contributed by atoms with Gasteiger partial charge in [-0.3, -0.25) is 9.36 Å². The van der Waals surface area contributed by atoms with Crippen molar-refractivity contribution in [3.8, 4) is 10.7 Å². The fourth-order valence-corrected chi connectivity index (χ4v) is 5.23. The zero-order valence-corrected chi connectivity index (χ0v) is 19.3. The highest BCUT2D eigenvalue weighted by molar-refractivity contribution is 9.10. The third kappa shape index (κ3) is 5.21. The van der Waals surface area contributed by atoms with E-state index in [1.165, 1.54) is 11.8 Å². The molecular formula is C19H18BrClN4O2S2. The number of nitrogens with zero attached hydrogens (tertiary/aromatic N) is 3. The first kappa shape index (κ1) is 20.9. The molecule has 0 saturated carbocycles. The Kier molecular flexibility index (Phi) is 6.92. The molecule has 0 bridgehead atoms. The van der Waals surface area contributed by atoms with Gasteiger partial charge in [0.2, 0.25) is 5.91 Å². The fourth-order valence-electron chi connectivity index (χ4n) is 3.05. The van der Waals surface area contributed by atoms with Crippen LogP contribution in [0, 0.1) is 0 Å². The average molecular weight is 514 g/mol. The zero-order valence-electron chi connectivity index (χ0n) is 15.3. The van der Waals surface area contributed by atoms with Crippen LogP contribution < -0.4 is 5.32 Å². The van der Waals surface area contributed by atoms with Crippen LogP contribution in [0.4, 0.5) is 5.69 Å². The molecule has 4 rings (SSSR count). The summed E-state index contributed by atoms with van der Waals surface area (Å²) in [5.41, 5.74) is 0.584. The van der Waals surface area contributed by atoms with E-state index in [0.29, 0.717) is 22.4 Å². The number of thiophene rings is 1. The van der Waals surface area contributed by atoms with E-state index in [-0.39, 0.29) is 17.8 Å². The van der Waals surface area contributed by atoms with Crippen LogP contribution in [0.5, 0.6) is 0 Å². The molecular weight excluding hydrogens is 496 g/mol. The van der Waals surface area contributed by atoms with Crippen molar-refractivity contribution < 1.29 is 9.53 Å². The van der Waals surface area contributed by atoms with E-state index >= 15 is 0 Å². The van der Waals surface area contributed by atoms with E-state index < -0.39 is 0 Å². The maximum absolute atomic E-state index is 12.4. The molecule has 1 aliphatic heterocycles. The molecule has 0 radical (unpaired) electrons. The number of hydrogen-bond donors (Lipinski definition) is 1. The van der Waals surface area contributed by atoms with Gasteiger partial charge >= 0.3 is 0 Å². The Labute approximate surface area is 190 Å². The Morgan fingerprint density at radius 1 is 1.41 bits per heavy atom. The van der Waals surface area contributed by atoms with Crippen molar-refractivity contribution in [1.29, 1.82) is 0 Å². The first-order chi connectivity index (χ1) is 14.1. The van der Waals surface area contributed by atoms with E-state index in [1.807, 2.05) is 23.6 Å². The highest BCUT2D eigenvalue weighted by atomic mass is 79.9. The lowest BCUT2D eigenvalue weighted by Crippen LogP contribution is -2.18. The number of rotatable bonds is 7. The van der Waals surface area contributed by atoms with Crippen LogP contribution in [0.3, 0.4) is 0 Å². The summed E-state index contributed by atoms with van der Waals surface area (Å²) in [7, 11) is 0. The van der Waals surface area contributed by atoms with Crippen molar-refractivity contribution in [2.75, 3.05) is 17.7 Å². The minimum Gasteiger partial charge on any atom is -0.376 e. The summed E-state index contributed by atoms with van der Waals surface area (Å²) >= 11 is 12.5. The second kappa shape index (κ2) is 9.61. The van der Waals surface area contributed by atoms with Gasteiger partial charge in [-0.1, -0.05) is 45.4 Å². The van der Waals surface area contributed by atoms with E-state index in [9.17, 15) is 4.79 Å². The number of anilines is 1. The highest BCUT2D eigenvalue weighted by Crippen LogP contribution is 2.30. The number of ether oxygens (including phenoxy) is 1. The number of carbonyl (C=O) groups is 1. The predicted molar refractivity (Wildman–Crippen MR) is 121 cm³/mol. The van der Waals surface area contributed by atoms with Crippen molar-refractivity contribution in [2.24, 2.45) is 0 Å². The summed E-state index contributed by atoms with van der Waals surface area (Å²) in [5, 5.41) is 14.8. The molecule has 1 N–H and O–H groups in total. The second-order valence-electron chi connectivity index (χ2n) is 6.49. The summed E-state index contributed by atoms with van der Waals surface area (Å²) in [4.78, 5) is 13.5. The first-order valence-electron chi connectivity index (χ1n) is 9.06. The van der Waals surface area contributed by atoms with Crippen LogP contribution in [0.2, 0.25) is 5.02 Å². The Bertz CT molecular complexity index is 990.